The van der Waals surface area contributed by atoms with Crippen molar-refractivity contribution < 1.29 is 9.50 Å². The molecule has 0 amide bonds. The highest BCUT2D eigenvalue weighted by Gasteiger charge is 2.10. The van der Waals surface area contributed by atoms with Crippen molar-refractivity contribution in [3.8, 4) is 0 Å². The van der Waals surface area contributed by atoms with Gasteiger partial charge in [0.15, 0.2) is 0 Å². The molecular formula is C16H18FNO. The van der Waals surface area contributed by atoms with Crippen LogP contribution in [0.2, 0.25) is 0 Å². The van der Waals surface area contributed by atoms with Crippen LogP contribution in [0.4, 0.5) is 4.39 Å². The summed E-state index contributed by atoms with van der Waals surface area (Å²) >= 11 is 0. The van der Waals surface area contributed by atoms with Crippen molar-refractivity contribution in [2.24, 2.45) is 0 Å². The van der Waals surface area contributed by atoms with Crippen molar-refractivity contribution in [1.82, 2.24) is 4.90 Å². The summed E-state index contributed by atoms with van der Waals surface area (Å²) in [7, 11) is 1.94. The molecule has 0 bridgehead atoms. The molecule has 19 heavy (non-hydrogen) atoms. The van der Waals surface area contributed by atoms with Crippen LogP contribution in [0.25, 0.3) is 0 Å². The maximum absolute atomic E-state index is 12.8. The molecule has 1 atom stereocenters. The Kier molecular flexibility index (Phi) is 4.66. The number of hydrogen-bond donors (Lipinski definition) is 1. The van der Waals surface area contributed by atoms with Gasteiger partial charge in [-0.1, -0.05) is 42.5 Å². The van der Waals surface area contributed by atoms with Crippen LogP contribution >= 0.6 is 0 Å². The molecule has 0 radical (unpaired) electrons. The van der Waals surface area contributed by atoms with Crippen molar-refractivity contribution in [2.45, 2.75) is 12.6 Å². The number of aliphatic hydroxyl groups is 1. The normalized spacial score (nSPS) is 12.6. The molecule has 0 aliphatic rings. The second-order valence-electron chi connectivity index (χ2n) is 4.75. The Balaban J connectivity index is 1.90. The third-order valence-corrected chi connectivity index (χ3v) is 3.03. The summed E-state index contributed by atoms with van der Waals surface area (Å²) in [6.45, 7) is 1.23. The molecule has 0 aliphatic carbocycles. The van der Waals surface area contributed by atoms with E-state index in [4.69, 9.17) is 0 Å². The molecule has 2 nitrogen and oxygen atoms in total. The first-order chi connectivity index (χ1) is 9.15. The van der Waals surface area contributed by atoms with Gasteiger partial charge in [0.2, 0.25) is 0 Å². The first kappa shape index (κ1) is 13.7. The molecule has 2 aromatic carbocycles. The van der Waals surface area contributed by atoms with Crippen LogP contribution in [0.1, 0.15) is 17.2 Å². The van der Waals surface area contributed by atoms with E-state index in [1.165, 1.54) is 12.1 Å². The van der Waals surface area contributed by atoms with Gasteiger partial charge in [-0.25, -0.2) is 4.39 Å². The van der Waals surface area contributed by atoms with Gasteiger partial charge in [-0.2, -0.15) is 0 Å². The highest BCUT2D eigenvalue weighted by atomic mass is 19.1. The van der Waals surface area contributed by atoms with E-state index in [2.05, 4.69) is 0 Å². The van der Waals surface area contributed by atoms with E-state index < -0.39 is 6.10 Å². The topological polar surface area (TPSA) is 23.5 Å². The Bertz CT molecular complexity index is 498. The molecule has 0 aromatic heterocycles. The van der Waals surface area contributed by atoms with Gasteiger partial charge < -0.3 is 5.11 Å². The number of aliphatic hydroxyl groups excluding tert-OH is 1. The zero-order valence-corrected chi connectivity index (χ0v) is 11.0. The molecule has 2 rings (SSSR count). The molecule has 2 aromatic rings. The minimum absolute atomic E-state index is 0.226. The second kappa shape index (κ2) is 6.45. The lowest BCUT2D eigenvalue weighted by Crippen LogP contribution is -2.24. The molecule has 0 saturated carbocycles. The number of halogens is 1. The lowest BCUT2D eigenvalue weighted by Gasteiger charge is -2.20. The van der Waals surface area contributed by atoms with Crippen LogP contribution in [0.5, 0.6) is 0 Å². The fourth-order valence-corrected chi connectivity index (χ4v) is 2.04. The lowest BCUT2D eigenvalue weighted by molar-refractivity contribution is 0.124. The van der Waals surface area contributed by atoms with E-state index in [9.17, 15) is 9.50 Å². The molecular weight excluding hydrogens is 241 g/mol. The van der Waals surface area contributed by atoms with E-state index in [1.54, 1.807) is 12.1 Å². The zero-order chi connectivity index (χ0) is 13.7. The van der Waals surface area contributed by atoms with E-state index >= 15 is 0 Å². The molecule has 1 unspecified atom stereocenters. The predicted octanol–water partition coefficient (Wildman–Crippen LogP) is 2.99. The van der Waals surface area contributed by atoms with E-state index in [-0.39, 0.29) is 5.82 Å². The van der Waals surface area contributed by atoms with Gasteiger partial charge in [-0.05, 0) is 30.3 Å². The van der Waals surface area contributed by atoms with Gasteiger partial charge in [-0.3, -0.25) is 4.90 Å². The summed E-state index contributed by atoms with van der Waals surface area (Å²) in [6.07, 6.45) is -0.508. The van der Waals surface area contributed by atoms with E-state index in [0.29, 0.717) is 13.1 Å². The maximum Gasteiger partial charge on any atom is 0.123 e. The van der Waals surface area contributed by atoms with E-state index in [0.717, 1.165) is 11.1 Å². The quantitative estimate of drug-likeness (QED) is 0.892. The average Bonchev–Trinajstić information content (AvgIpc) is 2.42. The van der Waals surface area contributed by atoms with Crippen LogP contribution < -0.4 is 0 Å². The van der Waals surface area contributed by atoms with Crippen molar-refractivity contribution in [3.63, 3.8) is 0 Å². The Morgan fingerprint density at radius 1 is 1.05 bits per heavy atom. The fraction of sp³-hybridized carbons (Fsp3) is 0.250. The third kappa shape index (κ3) is 4.16. The molecule has 0 spiro atoms. The molecule has 100 valence electrons. The summed E-state index contributed by atoms with van der Waals surface area (Å²) in [4.78, 5) is 2.02. The Hall–Kier alpha value is -1.71. The minimum Gasteiger partial charge on any atom is -0.387 e. The van der Waals surface area contributed by atoms with Crippen molar-refractivity contribution in [3.05, 3.63) is 71.5 Å². The van der Waals surface area contributed by atoms with Crippen molar-refractivity contribution >= 4 is 0 Å². The molecule has 1 N–H and O–H groups in total. The van der Waals surface area contributed by atoms with Crippen LogP contribution in [0, 0.1) is 5.82 Å². The fourth-order valence-electron chi connectivity index (χ4n) is 2.04. The van der Waals surface area contributed by atoms with Crippen molar-refractivity contribution in [2.75, 3.05) is 13.6 Å². The van der Waals surface area contributed by atoms with Gasteiger partial charge in [-0.15, -0.1) is 0 Å². The number of likely N-dealkylation sites (N-methyl/N-ethyl adjacent to an activating group) is 1. The molecule has 0 aliphatic heterocycles. The van der Waals surface area contributed by atoms with Crippen LogP contribution in [-0.2, 0) is 6.54 Å². The molecule has 0 fully saturated rings. The van der Waals surface area contributed by atoms with Crippen molar-refractivity contribution in [1.29, 1.82) is 0 Å². The second-order valence-corrected chi connectivity index (χ2v) is 4.75. The number of hydrogen-bond acceptors (Lipinski definition) is 2. The summed E-state index contributed by atoms with van der Waals surface area (Å²) in [6, 6.07) is 16.0. The summed E-state index contributed by atoms with van der Waals surface area (Å²) in [5.41, 5.74) is 1.94. The molecule has 3 heteroatoms. The first-order valence-electron chi connectivity index (χ1n) is 6.31. The van der Waals surface area contributed by atoms with Crippen LogP contribution in [0.3, 0.4) is 0 Å². The van der Waals surface area contributed by atoms with E-state index in [1.807, 2.05) is 42.3 Å². The Morgan fingerprint density at radius 2 is 1.68 bits per heavy atom. The zero-order valence-electron chi connectivity index (χ0n) is 11.0. The number of benzene rings is 2. The third-order valence-electron chi connectivity index (χ3n) is 3.03. The maximum atomic E-state index is 12.8. The predicted molar refractivity (Wildman–Crippen MR) is 74.1 cm³/mol. The Morgan fingerprint density at radius 3 is 2.32 bits per heavy atom. The molecule has 0 saturated heterocycles. The van der Waals surface area contributed by atoms with Gasteiger partial charge in [0.05, 0.1) is 6.10 Å². The minimum atomic E-state index is -0.508. The number of rotatable bonds is 5. The number of nitrogens with zero attached hydrogens (tertiary/aromatic N) is 1. The van der Waals surface area contributed by atoms with Gasteiger partial charge in [0, 0.05) is 13.1 Å². The van der Waals surface area contributed by atoms with Crippen LogP contribution in [-0.4, -0.2) is 23.6 Å². The lowest BCUT2D eigenvalue weighted by atomic mass is 10.1. The van der Waals surface area contributed by atoms with Gasteiger partial charge in [0.1, 0.15) is 5.82 Å². The SMILES string of the molecule is CN(Cc1ccc(F)cc1)CC(O)c1ccccc1. The summed E-state index contributed by atoms with van der Waals surface area (Å²) in [5.74, 6) is -0.226. The summed E-state index contributed by atoms with van der Waals surface area (Å²) < 4.78 is 12.8. The smallest absolute Gasteiger partial charge is 0.123 e. The Labute approximate surface area is 113 Å². The summed E-state index contributed by atoms with van der Waals surface area (Å²) in [5, 5.41) is 10.1. The first-order valence-corrected chi connectivity index (χ1v) is 6.31. The molecule has 0 heterocycles. The van der Waals surface area contributed by atoms with Crippen LogP contribution in [0.15, 0.2) is 54.6 Å². The highest BCUT2D eigenvalue weighted by molar-refractivity contribution is 5.18. The monoisotopic (exact) mass is 259 g/mol. The van der Waals surface area contributed by atoms with Gasteiger partial charge >= 0.3 is 0 Å². The average molecular weight is 259 g/mol. The standard InChI is InChI=1S/C16H18FNO/c1-18(11-13-7-9-15(17)10-8-13)12-16(19)14-5-3-2-4-6-14/h2-10,16,19H,11-12H2,1H3. The van der Waals surface area contributed by atoms with Gasteiger partial charge in [0.25, 0.3) is 0 Å². The largest absolute Gasteiger partial charge is 0.387 e. The highest BCUT2D eigenvalue weighted by Crippen LogP contribution is 2.14.